The Hall–Kier alpha value is -1.49. The third-order valence-corrected chi connectivity index (χ3v) is 3.31. The molecule has 2 aromatic rings. The Kier molecular flexibility index (Phi) is 3.68. The smallest absolute Gasteiger partial charge is 0.251 e. The molecule has 4 nitrogen and oxygen atoms in total. The van der Waals surface area contributed by atoms with Gasteiger partial charge in [-0.05, 0) is 31.4 Å². The molecule has 1 unspecified atom stereocenters. The van der Waals surface area contributed by atoms with Crippen LogP contribution >= 0.6 is 11.8 Å². The van der Waals surface area contributed by atoms with Crippen molar-refractivity contribution in [1.29, 1.82) is 0 Å². The highest BCUT2D eigenvalue weighted by molar-refractivity contribution is 7.98. The number of nitrogens with zero attached hydrogens (tertiary/aromatic N) is 1. The van der Waals surface area contributed by atoms with Crippen LogP contribution in [0.2, 0.25) is 0 Å². The molecule has 5 heteroatoms. The van der Waals surface area contributed by atoms with E-state index in [2.05, 4.69) is 15.3 Å². The van der Waals surface area contributed by atoms with E-state index < -0.39 is 0 Å². The molecule has 0 fully saturated rings. The second-order valence-electron chi connectivity index (χ2n) is 3.96. The normalized spacial score (nSPS) is 12.6. The first-order valence-corrected chi connectivity index (χ1v) is 6.83. The van der Waals surface area contributed by atoms with Crippen molar-refractivity contribution in [3.8, 4) is 0 Å². The van der Waals surface area contributed by atoms with Crippen molar-refractivity contribution in [2.45, 2.75) is 13.0 Å². The fraction of sp³-hybridized carbons (Fsp3) is 0.333. The molecule has 90 valence electrons. The predicted molar refractivity (Wildman–Crippen MR) is 71.4 cm³/mol. The number of benzene rings is 1. The Morgan fingerprint density at radius 2 is 2.41 bits per heavy atom. The van der Waals surface area contributed by atoms with E-state index in [1.54, 1.807) is 24.2 Å². The standard InChI is InChI=1S/C12H15N3OS/c1-8(6-17-2)15-12(16)9-3-4-10-11(5-9)14-7-13-10/h3-5,7-8H,6H2,1-2H3,(H,13,14)(H,15,16). The molecule has 1 aromatic heterocycles. The first kappa shape index (κ1) is 12.0. The van der Waals surface area contributed by atoms with Crippen molar-refractivity contribution in [2.75, 3.05) is 12.0 Å². The number of fused-ring (bicyclic) bond motifs is 1. The van der Waals surface area contributed by atoms with E-state index in [9.17, 15) is 4.79 Å². The molecule has 1 amide bonds. The quantitative estimate of drug-likeness (QED) is 0.872. The van der Waals surface area contributed by atoms with Gasteiger partial charge >= 0.3 is 0 Å². The Morgan fingerprint density at radius 3 is 3.18 bits per heavy atom. The van der Waals surface area contributed by atoms with E-state index in [0.29, 0.717) is 5.56 Å². The third-order valence-electron chi connectivity index (χ3n) is 2.48. The van der Waals surface area contributed by atoms with Crippen molar-refractivity contribution in [3.05, 3.63) is 30.1 Å². The molecule has 0 spiro atoms. The highest BCUT2D eigenvalue weighted by Gasteiger charge is 2.10. The second-order valence-corrected chi connectivity index (χ2v) is 4.87. The minimum absolute atomic E-state index is 0.0388. The molecular weight excluding hydrogens is 234 g/mol. The summed E-state index contributed by atoms with van der Waals surface area (Å²) in [4.78, 5) is 19.1. The Bertz CT molecular complexity index is 523. The van der Waals surface area contributed by atoms with Gasteiger partial charge in [0.2, 0.25) is 0 Å². The van der Waals surface area contributed by atoms with Crippen LogP contribution in [0, 0.1) is 0 Å². The summed E-state index contributed by atoms with van der Waals surface area (Å²) in [6, 6.07) is 5.64. The number of amides is 1. The van der Waals surface area contributed by atoms with Crippen molar-refractivity contribution < 1.29 is 4.79 Å². The number of aromatic amines is 1. The highest BCUT2D eigenvalue weighted by Crippen LogP contribution is 2.11. The maximum atomic E-state index is 11.9. The van der Waals surface area contributed by atoms with Crippen LogP contribution in [0.5, 0.6) is 0 Å². The number of imidazole rings is 1. The first-order valence-electron chi connectivity index (χ1n) is 5.43. The number of carbonyl (C=O) groups excluding carboxylic acids is 1. The van der Waals surface area contributed by atoms with Crippen LogP contribution in [0.4, 0.5) is 0 Å². The van der Waals surface area contributed by atoms with Crippen molar-refractivity contribution in [3.63, 3.8) is 0 Å². The van der Waals surface area contributed by atoms with Crippen molar-refractivity contribution >= 4 is 28.7 Å². The maximum absolute atomic E-state index is 11.9. The molecule has 17 heavy (non-hydrogen) atoms. The van der Waals surface area contributed by atoms with Gasteiger partial charge in [0.05, 0.1) is 17.4 Å². The minimum atomic E-state index is -0.0388. The highest BCUT2D eigenvalue weighted by atomic mass is 32.2. The molecule has 2 N–H and O–H groups in total. The average Bonchev–Trinajstić information content (AvgIpc) is 2.75. The van der Waals surface area contributed by atoms with Gasteiger partial charge in [0, 0.05) is 17.4 Å². The zero-order chi connectivity index (χ0) is 12.3. The molecule has 1 aromatic carbocycles. The van der Waals surface area contributed by atoms with E-state index in [4.69, 9.17) is 0 Å². The van der Waals surface area contributed by atoms with Crippen LogP contribution in [0.3, 0.4) is 0 Å². The van der Waals surface area contributed by atoms with Crippen LogP contribution in [0.1, 0.15) is 17.3 Å². The summed E-state index contributed by atoms with van der Waals surface area (Å²) >= 11 is 1.72. The summed E-state index contributed by atoms with van der Waals surface area (Å²) in [6.45, 7) is 2.00. The second kappa shape index (κ2) is 5.23. The van der Waals surface area contributed by atoms with Crippen LogP contribution in [0.15, 0.2) is 24.5 Å². The summed E-state index contributed by atoms with van der Waals surface area (Å²) in [5.74, 6) is 0.876. The molecular formula is C12H15N3OS. The van der Waals surface area contributed by atoms with Gasteiger partial charge in [-0.15, -0.1) is 0 Å². The molecule has 2 rings (SSSR count). The number of hydrogen-bond donors (Lipinski definition) is 2. The Balaban J connectivity index is 2.13. The molecule has 0 aliphatic heterocycles. The fourth-order valence-electron chi connectivity index (χ4n) is 1.68. The number of nitrogens with one attached hydrogen (secondary N) is 2. The summed E-state index contributed by atoms with van der Waals surface area (Å²) in [7, 11) is 0. The SMILES string of the molecule is CSCC(C)NC(=O)c1ccc2nc[nH]c2c1. The predicted octanol–water partition coefficient (Wildman–Crippen LogP) is 2.04. The van der Waals surface area contributed by atoms with E-state index in [0.717, 1.165) is 16.8 Å². The van der Waals surface area contributed by atoms with E-state index in [1.165, 1.54) is 0 Å². The molecule has 0 radical (unpaired) electrons. The van der Waals surface area contributed by atoms with Crippen molar-refractivity contribution in [1.82, 2.24) is 15.3 Å². The van der Waals surface area contributed by atoms with Crippen LogP contribution in [0.25, 0.3) is 11.0 Å². The summed E-state index contributed by atoms with van der Waals surface area (Å²) in [5, 5.41) is 2.96. The third kappa shape index (κ3) is 2.79. The van der Waals surface area contributed by atoms with E-state index >= 15 is 0 Å². The van der Waals surface area contributed by atoms with Gasteiger partial charge < -0.3 is 10.3 Å². The number of rotatable bonds is 4. The van der Waals surface area contributed by atoms with Gasteiger partial charge in [-0.25, -0.2) is 4.98 Å². The number of hydrogen-bond acceptors (Lipinski definition) is 3. The van der Waals surface area contributed by atoms with Gasteiger partial charge in [0.25, 0.3) is 5.91 Å². The van der Waals surface area contributed by atoms with Gasteiger partial charge in [-0.2, -0.15) is 11.8 Å². The zero-order valence-corrected chi connectivity index (χ0v) is 10.7. The summed E-state index contributed by atoms with van der Waals surface area (Å²) in [5.41, 5.74) is 2.42. The summed E-state index contributed by atoms with van der Waals surface area (Å²) < 4.78 is 0. The topological polar surface area (TPSA) is 57.8 Å². The largest absolute Gasteiger partial charge is 0.349 e. The van der Waals surface area contributed by atoms with Gasteiger partial charge in [-0.1, -0.05) is 0 Å². The van der Waals surface area contributed by atoms with Crippen LogP contribution in [-0.2, 0) is 0 Å². The van der Waals surface area contributed by atoms with Crippen LogP contribution < -0.4 is 5.32 Å². The molecule has 0 bridgehead atoms. The molecule has 0 saturated carbocycles. The van der Waals surface area contributed by atoms with Gasteiger partial charge in [-0.3, -0.25) is 4.79 Å². The Morgan fingerprint density at radius 1 is 1.59 bits per heavy atom. The number of aromatic nitrogens is 2. The lowest BCUT2D eigenvalue weighted by Gasteiger charge is -2.12. The van der Waals surface area contributed by atoms with E-state index in [-0.39, 0.29) is 11.9 Å². The molecule has 1 heterocycles. The van der Waals surface area contributed by atoms with Crippen molar-refractivity contribution in [2.24, 2.45) is 0 Å². The van der Waals surface area contributed by atoms with Crippen LogP contribution in [-0.4, -0.2) is 33.9 Å². The average molecular weight is 249 g/mol. The number of thioether (sulfide) groups is 1. The Labute approximate surface area is 104 Å². The first-order chi connectivity index (χ1) is 8.20. The summed E-state index contributed by atoms with van der Waals surface area (Å²) in [6.07, 6.45) is 3.65. The van der Waals surface area contributed by atoms with Gasteiger partial charge in [0.1, 0.15) is 0 Å². The van der Waals surface area contributed by atoms with Gasteiger partial charge in [0.15, 0.2) is 0 Å². The number of H-pyrrole nitrogens is 1. The molecule has 0 aliphatic rings. The lowest BCUT2D eigenvalue weighted by atomic mass is 10.2. The monoisotopic (exact) mass is 249 g/mol. The molecule has 0 aliphatic carbocycles. The lowest BCUT2D eigenvalue weighted by Crippen LogP contribution is -2.34. The van der Waals surface area contributed by atoms with E-state index in [1.807, 2.05) is 25.3 Å². The lowest BCUT2D eigenvalue weighted by molar-refractivity contribution is 0.0944. The zero-order valence-electron chi connectivity index (χ0n) is 9.86. The fourth-order valence-corrected chi connectivity index (χ4v) is 2.26. The molecule has 0 saturated heterocycles. The minimum Gasteiger partial charge on any atom is -0.349 e. The number of carbonyl (C=O) groups is 1. The molecule has 1 atom stereocenters. The maximum Gasteiger partial charge on any atom is 0.251 e.